The highest BCUT2D eigenvalue weighted by Gasteiger charge is 2.66. The van der Waals surface area contributed by atoms with E-state index in [1.54, 1.807) is 0 Å². The molecule has 2 bridgehead atoms. The Kier molecular flexibility index (Phi) is 3.34. The second-order valence-corrected chi connectivity index (χ2v) is 10.5. The molecular formula is C20H33ClO. The molecule has 0 aromatic carbocycles. The molecule has 0 aromatic heterocycles. The van der Waals surface area contributed by atoms with Crippen molar-refractivity contribution in [2.75, 3.05) is 5.88 Å². The van der Waals surface area contributed by atoms with Crippen LogP contribution in [-0.2, 0) is 0 Å². The topological polar surface area (TPSA) is 20.2 Å². The molecule has 4 saturated carbocycles. The zero-order valence-corrected chi connectivity index (χ0v) is 15.4. The highest BCUT2D eigenvalue weighted by atomic mass is 35.5. The van der Waals surface area contributed by atoms with E-state index in [0.717, 1.165) is 18.3 Å². The van der Waals surface area contributed by atoms with E-state index < -0.39 is 5.60 Å². The summed E-state index contributed by atoms with van der Waals surface area (Å²) in [6, 6.07) is 0. The third kappa shape index (κ3) is 1.88. The van der Waals surface area contributed by atoms with Gasteiger partial charge in [0.2, 0.25) is 0 Å². The minimum absolute atomic E-state index is 0.408. The Morgan fingerprint density at radius 1 is 1.00 bits per heavy atom. The smallest absolute Gasteiger partial charge is 0.0816 e. The van der Waals surface area contributed by atoms with Gasteiger partial charge in [-0.1, -0.05) is 27.2 Å². The van der Waals surface area contributed by atoms with Gasteiger partial charge in [-0.3, -0.25) is 0 Å². The Balaban J connectivity index is 1.72. The molecule has 0 aromatic rings. The maximum atomic E-state index is 11.1. The fourth-order valence-corrected chi connectivity index (χ4v) is 8.42. The molecule has 4 aliphatic carbocycles. The van der Waals surface area contributed by atoms with E-state index in [4.69, 9.17) is 11.6 Å². The third-order valence-electron chi connectivity index (χ3n) is 8.85. The van der Waals surface area contributed by atoms with Gasteiger partial charge in [-0.15, -0.1) is 11.6 Å². The lowest BCUT2D eigenvalue weighted by molar-refractivity contribution is -0.145. The van der Waals surface area contributed by atoms with E-state index >= 15 is 0 Å². The van der Waals surface area contributed by atoms with Gasteiger partial charge >= 0.3 is 0 Å². The maximum absolute atomic E-state index is 11.1. The summed E-state index contributed by atoms with van der Waals surface area (Å²) in [5, 5.41) is 11.1. The van der Waals surface area contributed by atoms with Crippen molar-refractivity contribution in [2.45, 2.75) is 84.2 Å². The molecular weight excluding hydrogens is 292 g/mol. The average Bonchev–Trinajstić information content (AvgIpc) is 2.65. The zero-order valence-electron chi connectivity index (χ0n) is 14.6. The zero-order chi connectivity index (χ0) is 15.8. The van der Waals surface area contributed by atoms with Crippen LogP contribution in [0.15, 0.2) is 0 Å². The van der Waals surface area contributed by atoms with Crippen molar-refractivity contribution in [1.82, 2.24) is 0 Å². The predicted octanol–water partition coefficient (Wildman–Crippen LogP) is 5.39. The van der Waals surface area contributed by atoms with Crippen LogP contribution in [0.2, 0.25) is 0 Å². The molecule has 4 aliphatic rings. The largest absolute Gasteiger partial charge is 0.388 e. The quantitative estimate of drug-likeness (QED) is 0.641. The molecule has 0 radical (unpaired) electrons. The summed E-state index contributed by atoms with van der Waals surface area (Å²) in [6.07, 6.45) is 11.7. The summed E-state index contributed by atoms with van der Waals surface area (Å²) in [5.41, 5.74) is 0.851. The number of halogens is 1. The van der Waals surface area contributed by atoms with Gasteiger partial charge < -0.3 is 5.11 Å². The summed E-state index contributed by atoms with van der Waals surface area (Å²) in [6.45, 7) is 7.65. The fourth-order valence-electron chi connectivity index (χ4n) is 8.10. The number of alkyl halides is 1. The van der Waals surface area contributed by atoms with Gasteiger partial charge in [-0.2, -0.15) is 0 Å². The van der Waals surface area contributed by atoms with E-state index in [0.29, 0.717) is 28.0 Å². The first kappa shape index (κ1) is 15.8. The first-order valence-electron chi connectivity index (χ1n) is 9.54. The Labute approximate surface area is 141 Å². The minimum atomic E-state index is -0.566. The van der Waals surface area contributed by atoms with E-state index in [1.807, 2.05) is 0 Å². The molecule has 1 spiro atoms. The lowest BCUT2D eigenvalue weighted by Crippen LogP contribution is -2.55. The summed E-state index contributed by atoms with van der Waals surface area (Å²) in [4.78, 5) is 0. The number of fused-ring (bicyclic) bond motifs is 3. The van der Waals surface area contributed by atoms with Crippen LogP contribution in [0.5, 0.6) is 0 Å². The summed E-state index contributed by atoms with van der Waals surface area (Å²) < 4.78 is 0. The van der Waals surface area contributed by atoms with Gasteiger partial charge in [0.1, 0.15) is 0 Å². The van der Waals surface area contributed by atoms with Gasteiger partial charge in [0.05, 0.1) is 11.5 Å². The van der Waals surface area contributed by atoms with Gasteiger partial charge in [0, 0.05) is 0 Å². The van der Waals surface area contributed by atoms with Crippen molar-refractivity contribution in [3.8, 4) is 0 Å². The average molecular weight is 325 g/mol. The van der Waals surface area contributed by atoms with Crippen molar-refractivity contribution in [2.24, 2.45) is 34.0 Å². The van der Waals surface area contributed by atoms with Crippen LogP contribution in [0.25, 0.3) is 0 Å². The number of hydrogen-bond acceptors (Lipinski definition) is 1. The Bertz CT molecular complexity index is 474. The van der Waals surface area contributed by atoms with Crippen LogP contribution in [0.1, 0.15) is 78.6 Å². The van der Waals surface area contributed by atoms with Crippen LogP contribution in [0.4, 0.5) is 0 Å². The van der Waals surface area contributed by atoms with Crippen LogP contribution >= 0.6 is 11.6 Å². The molecule has 0 saturated heterocycles. The van der Waals surface area contributed by atoms with Gasteiger partial charge in [-0.25, -0.2) is 0 Å². The van der Waals surface area contributed by atoms with Crippen LogP contribution < -0.4 is 0 Å². The lowest BCUT2D eigenvalue weighted by atomic mass is 9.41. The van der Waals surface area contributed by atoms with Crippen molar-refractivity contribution in [3.05, 3.63) is 0 Å². The molecule has 4 fully saturated rings. The molecule has 0 heterocycles. The Hall–Kier alpha value is 0.250. The summed E-state index contributed by atoms with van der Waals surface area (Å²) in [7, 11) is 0. The van der Waals surface area contributed by atoms with E-state index in [2.05, 4.69) is 20.8 Å². The highest BCUT2D eigenvalue weighted by molar-refractivity contribution is 6.18. The summed E-state index contributed by atoms with van der Waals surface area (Å²) >= 11 is 6.21. The molecule has 0 aliphatic heterocycles. The van der Waals surface area contributed by atoms with Crippen molar-refractivity contribution in [3.63, 3.8) is 0 Å². The Morgan fingerprint density at radius 2 is 1.77 bits per heavy atom. The molecule has 4 unspecified atom stereocenters. The van der Waals surface area contributed by atoms with Crippen molar-refractivity contribution >= 4 is 11.6 Å². The molecule has 22 heavy (non-hydrogen) atoms. The highest BCUT2D eigenvalue weighted by Crippen LogP contribution is 2.72. The van der Waals surface area contributed by atoms with E-state index in [-0.39, 0.29) is 0 Å². The van der Waals surface area contributed by atoms with Gasteiger partial charge in [0.25, 0.3) is 0 Å². The first-order chi connectivity index (χ1) is 10.3. The number of aliphatic hydroxyl groups is 1. The van der Waals surface area contributed by atoms with Gasteiger partial charge in [0.15, 0.2) is 0 Å². The van der Waals surface area contributed by atoms with Crippen LogP contribution in [-0.4, -0.2) is 16.6 Å². The summed E-state index contributed by atoms with van der Waals surface area (Å²) in [5.74, 6) is 2.62. The van der Waals surface area contributed by atoms with Crippen LogP contribution in [0.3, 0.4) is 0 Å². The van der Waals surface area contributed by atoms with E-state index in [1.165, 1.54) is 51.4 Å². The van der Waals surface area contributed by atoms with Crippen molar-refractivity contribution < 1.29 is 5.11 Å². The lowest BCUT2D eigenvalue weighted by Gasteiger charge is -2.64. The Morgan fingerprint density at radius 3 is 2.50 bits per heavy atom. The molecule has 126 valence electrons. The van der Waals surface area contributed by atoms with E-state index in [9.17, 15) is 5.11 Å². The number of hydrogen-bond donors (Lipinski definition) is 1. The molecule has 0 amide bonds. The van der Waals surface area contributed by atoms with Gasteiger partial charge in [-0.05, 0) is 85.4 Å². The van der Waals surface area contributed by atoms with Crippen molar-refractivity contribution in [1.29, 1.82) is 0 Å². The standard InChI is InChI=1S/C20H33ClO/c1-17(2)8-4-9-18(3)15(17)7-10-19-11-14(5-6-16(18)19)20(22,12-19)13-21/h14-16,22H,4-13H2,1-3H3/t14?,15-,16?,18?,19?,20+/m1/s1. The molecule has 2 heteroatoms. The molecule has 1 nitrogen and oxygen atoms in total. The first-order valence-corrected chi connectivity index (χ1v) is 10.1. The third-order valence-corrected chi connectivity index (χ3v) is 9.31. The second kappa shape index (κ2) is 4.66. The second-order valence-electron chi connectivity index (χ2n) is 10.2. The normalized spacial score (nSPS) is 56.3. The SMILES string of the molecule is CC1(C)CCCC2(C)C3CCC4CC3(CC[C@H]12)C[C@]4(O)CCl. The fraction of sp³-hybridized carbons (Fsp3) is 1.00. The monoisotopic (exact) mass is 324 g/mol. The van der Waals surface area contributed by atoms with Crippen LogP contribution in [0, 0.1) is 34.0 Å². The number of rotatable bonds is 1. The molecule has 4 rings (SSSR count). The maximum Gasteiger partial charge on any atom is 0.0816 e. The predicted molar refractivity (Wildman–Crippen MR) is 92.0 cm³/mol. The molecule has 6 atom stereocenters. The molecule has 1 N–H and O–H groups in total. The minimum Gasteiger partial charge on any atom is -0.388 e.